The third kappa shape index (κ3) is 2.95. The van der Waals surface area contributed by atoms with E-state index in [9.17, 15) is 8.42 Å². The van der Waals surface area contributed by atoms with Crippen LogP contribution in [-0.2, 0) is 14.8 Å². The highest BCUT2D eigenvalue weighted by molar-refractivity contribution is 7.89. The lowest BCUT2D eigenvalue weighted by atomic mass is 9.64. The van der Waals surface area contributed by atoms with Crippen molar-refractivity contribution in [2.45, 2.75) is 44.2 Å². The van der Waals surface area contributed by atoms with Crippen LogP contribution in [0.15, 0.2) is 23.4 Å². The zero-order chi connectivity index (χ0) is 15.8. The van der Waals surface area contributed by atoms with Gasteiger partial charge in [-0.1, -0.05) is 25.4 Å². The molecule has 2 atom stereocenters. The van der Waals surface area contributed by atoms with E-state index in [-0.39, 0.29) is 22.5 Å². The lowest BCUT2D eigenvalue weighted by molar-refractivity contribution is -0.129. The molecule has 0 N–H and O–H groups in total. The zero-order valence-electron chi connectivity index (χ0n) is 12.7. The standard InChI is InChI=1S/C14H21ClN2O3S/c1-5-20-13-7-12(14(13,2)3)17(4)21(18,19)11-6-10(15)8-16-9-11/h6,8-9,12-13H,5,7H2,1-4H3. The quantitative estimate of drug-likeness (QED) is 0.831. The highest BCUT2D eigenvalue weighted by Crippen LogP contribution is 2.46. The number of hydrogen-bond acceptors (Lipinski definition) is 4. The zero-order valence-corrected chi connectivity index (χ0v) is 14.3. The Kier molecular flexibility index (Phi) is 4.63. The fraction of sp³-hybridized carbons (Fsp3) is 0.643. The molecule has 1 aromatic rings. The molecule has 0 spiro atoms. The molecule has 1 aromatic heterocycles. The molecule has 1 fully saturated rings. The van der Waals surface area contributed by atoms with Crippen molar-refractivity contribution < 1.29 is 13.2 Å². The molecule has 1 aliphatic carbocycles. The van der Waals surface area contributed by atoms with Crippen molar-refractivity contribution >= 4 is 21.6 Å². The minimum atomic E-state index is -3.60. The molecule has 7 heteroatoms. The highest BCUT2D eigenvalue weighted by Gasteiger charge is 2.53. The molecule has 21 heavy (non-hydrogen) atoms. The predicted molar refractivity (Wildman–Crippen MR) is 81.8 cm³/mol. The first-order chi connectivity index (χ1) is 9.71. The van der Waals surface area contributed by atoms with Crippen LogP contribution in [0.4, 0.5) is 0 Å². The van der Waals surface area contributed by atoms with Crippen LogP contribution in [0.25, 0.3) is 0 Å². The molecule has 5 nitrogen and oxygen atoms in total. The molecular weight excluding hydrogens is 312 g/mol. The van der Waals surface area contributed by atoms with Gasteiger partial charge in [-0.05, 0) is 19.4 Å². The average molecular weight is 333 g/mol. The van der Waals surface area contributed by atoms with Crippen LogP contribution < -0.4 is 0 Å². The first-order valence-corrected chi connectivity index (χ1v) is 8.73. The Morgan fingerprint density at radius 2 is 2.14 bits per heavy atom. The van der Waals surface area contributed by atoms with Crippen molar-refractivity contribution in [1.82, 2.24) is 9.29 Å². The summed E-state index contributed by atoms with van der Waals surface area (Å²) in [5.74, 6) is 0. The van der Waals surface area contributed by atoms with Gasteiger partial charge in [0.2, 0.25) is 10.0 Å². The number of pyridine rings is 1. The number of nitrogens with zero attached hydrogens (tertiary/aromatic N) is 2. The number of rotatable bonds is 5. The van der Waals surface area contributed by atoms with Gasteiger partial charge in [0.15, 0.2) is 0 Å². The van der Waals surface area contributed by atoms with E-state index in [1.54, 1.807) is 7.05 Å². The third-order valence-corrected chi connectivity index (χ3v) is 6.33. The van der Waals surface area contributed by atoms with Crippen LogP contribution in [0.1, 0.15) is 27.2 Å². The van der Waals surface area contributed by atoms with E-state index in [1.165, 1.54) is 22.8 Å². The SMILES string of the molecule is CCOC1CC(N(C)S(=O)(=O)c2cncc(Cl)c2)C1(C)C. The summed E-state index contributed by atoms with van der Waals surface area (Å²) >= 11 is 5.84. The molecule has 2 rings (SSSR count). The summed E-state index contributed by atoms with van der Waals surface area (Å²) in [4.78, 5) is 3.97. The largest absolute Gasteiger partial charge is 0.378 e. The molecule has 1 heterocycles. The molecule has 2 unspecified atom stereocenters. The number of halogens is 1. The second-order valence-electron chi connectivity index (χ2n) is 5.88. The average Bonchev–Trinajstić information content (AvgIpc) is 2.42. The maximum Gasteiger partial charge on any atom is 0.244 e. The Morgan fingerprint density at radius 1 is 1.48 bits per heavy atom. The third-order valence-electron chi connectivity index (χ3n) is 4.29. The minimum absolute atomic E-state index is 0.0858. The van der Waals surface area contributed by atoms with Crippen molar-refractivity contribution in [1.29, 1.82) is 0 Å². The second-order valence-corrected chi connectivity index (χ2v) is 8.31. The van der Waals surface area contributed by atoms with Crippen LogP contribution in [0.2, 0.25) is 5.02 Å². The molecule has 0 saturated heterocycles. The molecule has 1 saturated carbocycles. The first-order valence-electron chi connectivity index (χ1n) is 6.91. The normalized spacial score (nSPS) is 24.9. The van der Waals surface area contributed by atoms with E-state index >= 15 is 0 Å². The van der Waals surface area contributed by atoms with E-state index in [2.05, 4.69) is 4.98 Å². The van der Waals surface area contributed by atoms with Crippen molar-refractivity contribution in [3.05, 3.63) is 23.5 Å². The van der Waals surface area contributed by atoms with Crippen molar-refractivity contribution in [3.63, 3.8) is 0 Å². The fourth-order valence-electron chi connectivity index (χ4n) is 2.83. The van der Waals surface area contributed by atoms with Gasteiger partial charge < -0.3 is 4.74 Å². The summed E-state index contributed by atoms with van der Waals surface area (Å²) in [6, 6.07) is 1.32. The van der Waals surface area contributed by atoms with Gasteiger partial charge in [-0.25, -0.2) is 8.42 Å². The summed E-state index contributed by atoms with van der Waals surface area (Å²) in [5, 5.41) is 0.310. The Hall–Kier alpha value is -0.690. The van der Waals surface area contributed by atoms with Crippen molar-refractivity contribution in [2.75, 3.05) is 13.7 Å². The maximum atomic E-state index is 12.7. The summed E-state index contributed by atoms with van der Waals surface area (Å²) < 4.78 is 32.4. The van der Waals surface area contributed by atoms with Crippen LogP contribution in [0, 0.1) is 5.41 Å². The Labute approximate surface area is 131 Å². The van der Waals surface area contributed by atoms with Gasteiger partial charge in [0.25, 0.3) is 0 Å². The van der Waals surface area contributed by atoms with Crippen molar-refractivity contribution in [3.8, 4) is 0 Å². The smallest absolute Gasteiger partial charge is 0.244 e. The predicted octanol–water partition coefficient (Wildman–Crippen LogP) is 2.56. The lowest BCUT2D eigenvalue weighted by Gasteiger charge is -2.54. The molecule has 0 aliphatic heterocycles. The van der Waals surface area contributed by atoms with Gasteiger partial charge in [0, 0.05) is 37.5 Å². The maximum absolute atomic E-state index is 12.7. The van der Waals surface area contributed by atoms with E-state index in [0.29, 0.717) is 18.1 Å². The van der Waals surface area contributed by atoms with Crippen LogP contribution in [-0.4, -0.2) is 43.5 Å². The molecule has 0 amide bonds. The molecule has 118 valence electrons. The van der Waals surface area contributed by atoms with Gasteiger partial charge in [-0.3, -0.25) is 4.98 Å². The number of hydrogen-bond donors (Lipinski definition) is 0. The van der Waals surface area contributed by atoms with Crippen LogP contribution in [0.3, 0.4) is 0 Å². The molecule has 0 bridgehead atoms. The van der Waals surface area contributed by atoms with Crippen LogP contribution >= 0.6 is 11.6 Å². The van der Waals surface area contributed by atoms with Gasteiger partial charge in [-0.15, -0.1) is 0 Å². The van der Waals surface area contributed by atoms with E-state index in [4.69, 9.17) is 16.3 Å². The molecule has 0 radical (unpaired) electrons. The lowest BCUT2D eigenvalue weighted by Crippen LogP contribution is -2.62. The Morgan fingerprint density at radius 3 is 2.67 bits per heavy atom. The van der Waals surface area contributed by atoms with Gasteiger partial charge >= 0.3 is 0 Å². The van der Waals surface area contributed by atoms with Gasteiger partial charge in [-0.2, -0.15) is 4.31 Å². The van der Waals surface area contributed by atoms with E-state index < -0.39 is 10.0 Å². The summed E-state index contributed by atoms with van der Waals surface area (Å²) in [5.41, 5.74) is -0.218. The first kappa shape index (κ1) is 16.7. The Balaban J connectivity index is 2.23. The van der Waals surface area contributed by atoms with Crippen LogP contribution in [0.5, 0.6) is 0 Å². The minimum Gasteiger partial charge on any atom is -0.378 e. The molecule has 0 aromatic carbocycles. The van der Waals surface area contributed by atoms with Gasteiger partial charge in [0.05, 0.1) is 11.1 Å². The molecular formula is C14H21ClN2O3S. The monoisotopic (exact) mass is 332 g/mol. The summed E-state index contributed by atoms with van der Waals surface area (Å²) in [6.45, 7) is 6.64. The molecule has 1 aliphatic rings. The Bertz CT molecular complexity index is 618. The highest BCUT2D eigenvalue weighted by atomic mass is 35.5. The number of sulfonamides is 1. The topological polar surface area (TPSA) is 59.5 Å². The second kappa shape index (κ2) is 5.83. The summed E-state index contributed by atoms with van der Waals surface area (Å²) in [7, 11) is -2.00. The van der Waals surface area contributed by atoms with E-state index in [0.717, 1.165) is 0 Å². The van der Waals surface area contributed by atoms with Gasteiger partial charge in [0.1, 0.15) is 4.90 Å². The van der Waals surface area contributed by atoms with E-state index in [1.807, 2.05) is 20.8 Å². The fourth-order valence-corrected chi connectivity index (χ4v) is 4.57. The number of ether oxygens (including phenoxy) is 1. The number of aromatic nitrogens is 1. The van der Waals surface area contributed by atoms with Crippen molar-refractivity contribution in [2.24, 2.45) is 5.41 Å². The summed E-state index contributed by atoms with van der Waals surface area (Å²) in [6.07, 6.45) is 3.52.